The molecule has 16 nitrogen and oxygen atoms in total. The minimum Gasteiger partial charge on any atom is -0.453 e. The molecular weight excluding hydrogens is 857 g/mol. The van der Waals surface area contributed by atoms with E-state index in [0.717, 1.165) is 12.1 Å². The smallest absolute Gasteiger partial charge is 0.453 e. The zero-order valence-electron chi connectivity index (χ0n) is 36.7. The Morgan fingerprint density at radius 3 is 2.22 bits per heavy atom. The van der Waals surface area contributed by atoms with Gasteiger partial charge in [0.15, 0.2) is 0 Å². The number of imidazole rings is 1. The summed E-state index contributed by atoms with van der Waals surface area (Å²) in [4.78, 5) is 70.0. The van der Waals surface area contributed by atoms with E-state index in [1.54, 1.807) is 41.3 Å². The number of halogens is 4. The number of pyridine rings is 1. The van der Waals surface area contributed by atoms with Gasteiger partial charge >= 0.3 is 12.5 Å². The average molecular weight is 909 g/mol. The summed E-state index contributed by atoms with van der Waals surface area (Å²) in [6, 6.07) is 9.51. The third-order valence-corrected chi connectivity index (χ3v) is 11.8. The van der Waals surface area contributed by atoms with Gasteiger partial charge in [0.2, 0.25) is 11.8 Å². The molecule has 3 aliphatic rings. The Labute approximate surface area is 372 Å². The molecule has 0 saturated carbocycles. The van der Waals surface area contributed by atoms with Crippen LogP contribution in [-0.2, 0) is 23.8 Å². The fourth-order valence-electron chi connectivity index (χ4n) is 8.35. The lowest BCUT2D eigenvalue weighted by molar-refractivity contribution is -0.274. The summed E-state index contributed by atoms with van der Waals surface area (Å²) < 4.78 is 77.2. The second kappa shape index (κ2) is 19.4. The molecule has 3 aliphatic heterocycles. The molecule has 4 aromatic rings. The molecule has 20 heteroatoms. The van der Waals surface area contributed by atoms with Crippen LogP contribution in [0, 0.1) is 17.2 Å². The number of likely N-dealkylation sites (tertiary alicyclic amines) is 1. The SMILES string of the molecule is COC(=O)NC(C(=O)N1CC(OC)CC1c1ncc(-c2ccc(-c3cc(F)c(NC(=O)c4ccc(N5CCN(C(=O)C(C)(C)C)CC5)nc4)cc3OC(F)(F)F)cc2)[nH]1)C1CCOCC1. The summed E-state index contributed by atoms with van der Waals surface area (Å²) in [6.07, 6.45) is -1.78. The van der Waals surface area contributed by atoms with E-state index < -0.39 is 53.1 Å². The van der Waals surface area contributed by atoms with Gasteiger partial charge in [-0.25, -0.2) is 19.2 Å². The quantitative estimate of drug-likeness (QED) is 0.139. The monoisotopic (exact) mass is 908 g/mol. The number of anilines is 2. The van der Waals surface area contributed by atoms with Gasteiger partial charge in [-0.3, -0.25) is 14.4 Å². The lowest BCUT2D eigenvalue weighted by Crippen LogP contribution is -2.53. The molecule has 0 spiro atoms. The van der Waals surface area contributed by atoms with Gasteiger partial charge in [-0.15, -0.1) is 13.2 Å². The zero-order chi connectivity index (χ0) is 46.6. The lowest BCUT2D eigenvalue weighted by atomic mass is 9.90. The van der Waals surface area contributed by atoms with E-state index in [1.165, 1.54) is 31.5 Å². The summed E-state index contributed by atoms with van der Waals surface area (Å²) >= 11 is 0. The van der Waals surface area contributed by atoms with Gasteiger partial charge in [0.05, 0.1) is 42.4 Å². The molecule has 7 rings (SSSR count). The number of hydrogen-bond acceptors (Lipinski definition) is 11. The molecular formula is C45H52F4N8O8. The number of aromatic amines is 1. The summed E-state index contributed by atoms with van der Waals surface area (Å²) in [5, 5.41) is 5.06. The molecule has 348 valence electrons. The van der Waals surface area contributed by atoms with E-state index in [-0.39, 0.29) is 47.1 Å². The van der Waals surface area contributed by atoms with E-state index in [2.05, 4.69) is 30.3 Å². The Morgan fingerprint density at radius 1 is 0.908 bits per heavy atom. The molecule has 3 unspecified atom stereocenters. The van der Waals surface area contributed by atoms with Crippen molar-refractivity contribution in [2.45, 2.75) is 64.6 Å². The molecule has 3 atom stereocenters. The molecule has 3 N–H and O–H groups in total. The topological polar surface area (TPSA) is 181 Å². The first kappa shape index (κ1) is 46.7. The van der Waals surface area contributed by atoms with Gasteiger partial charge in [-0.05, 0) is 48.1 Å². The minimum atomic E-state index is -5.15. The highest BCUT2D eigenvalue weighted by Gasteiger charge is 2.43. The van der Waals surface area contributed by atoms with Crippen LogP contribution in [0.15, 0.2) is 60.9 Å². The Kier molecular flexibility index (Phi) is 14.0. The van der Waals surface area contributed by atoms with Gasteiger partial charge < -0.3 is 49.3 Å². The number of nitrogens with zero attached hydrogens (tertiary/aromatic N) is 5. The number of aromatic nitrogens is 3. The maximum atomic E-state index is 15.7. The Morgan fingerprint density at radius 2 is 1.60 bits per heavy atom. The van der Waals surface area contributed by atoms with Gasteiger partial charge in [0, 0.05) is 82.7 Å². The summed E-state index contributed by atoms with van der Waals surface area (Å²) in [5.41, 5.74) is 0.0608. The first-order valence-electron chi connectivity index (χ1n) is 21.2. The zero-order valence-corrected chi connectivity index (χ0v) is 36.7. The van der Waals surface area contributed by atoms with Crippen molar-refractivity contribution < 1.29 is 55.7 Å². The van der Waals surface area contributed by atoms with Crippen molar-refractivity contribution >= 4 is 35.3 Å². The van der Waals surface area contributed by atoms with E-state index in [9.17, 15) is 32.3 Å². The predicted molar refractivity (Wildman–Crippen MR) is 229 cm³/mol. The van der Waals surface area contributed by atoms with E-state index >= 15 is 4.39 Å². The molecule has 3 fully saturated rings. The molecule has 2 aromatic heterocycles. The summed E-state index contributed by atoms with van der Waals surface area (Å²) in [7, 11) is 2.78. The van der Waals surface area contributed by atoms with Crippen molar-refractivity contribution in [2.24, 2.45) is 11.3 Å². The molecule has 0 aliphatic carbocycles. The highest BCUT2D eigenvalue weighted by Crippen LogP contribution is 2.39. The van der Waals surface area contributed by atoms with Crippen molar-refractivity contribution in [1.29, 1.82) is 0 Å². The van der Waals surface area contributed by atoms with Crippen molar-refractivity contribution in [3.63, 3.8) is 0 Å². The number of hydrogen-bond donors (Lipinski definition) is 3. The normalized spacial score (nSPS) is 18.9. The van der Waals surface area contributed by atoms with Crippen LogP contribution in [0.1, 0.15) is 62.3 Å². The summed E-state index contributed by atoms with van der Waals surface area (Å²) in [6.45, 7) is 8.83. The number of alkyl carbamates (subject to hydrolysis) is 1. The molecule has 4 amide bonds. The van der Waals surface area contributed by atoms with Gasteiger partial charge in [-0.2, -0.15) is 0 Å². The number of methoxy groups -OCH3 is 2. The first-order chi connectivity index (χ1) is 30.9. The summed E-state index contributed by atoms with van der Waals surface area (Å²) in [5.74, 6) is -1.98. The third-order valence-electron chi connectivity index (χ3n) is 11.8. The van der Waals surface area contributed by atoms with Crippen LogP contribution in [0.3, 0.4) is 0 Å². The molecule has 0 bridgehead atoms. The number of nitrogens with one attached hydrogen (secondary N) is 3. The number of carbonyl (C=O) groups excluding carboxylic acids is 4. The van der Waals surface area contributed by atoms with Crippen LogP contribution in [-0.4, -0.2) is 127 Å². The van der Waals surface area contributed by atoms with Crippen LogP contribution < -0.4 is 20.3 Å². The Bertz CT molecular complexity index is 2340. The molecule has 2 aromatic carbocycles. The fraction of sp³-hybridized carbons (Fsp3) is 0.467. The number of alkyl halides is 3. The van der Waals surface area contributed by atoms with E-state index in [1.807, 2.05) is 25.7 Å². The van der Waals surface area contributed by atoms with E-state index in [4.69, 9.17) is 14.2 Å². The van der Waals surface area contributed by atoms with Gasteiger partial charge in [0.25, 0.3) is 5.91 Å². The second-order valence-electron chi connectivity index (χ2n) is 17.2. The van der Waals surface area contributed by atoms with Crippen LogP contribution >= 0.6 is 0 Å². The standard InChI is InChI=1S/C45H52F4N8O8/c1-44(2,3)42(60)56-16-14-55(15-17-56)37-11-10-29(23-50-37)40(58)53-33-22-36(65-45(47,48)49)31(21-32(33)46)26-6-8-27(9-7-26)34-24-51-39(52-34)35-20-30(62-4)25-57(35)41(59)38(54-43(61)63-5)28-12-18-64-19-13-28/h6-11,21-24,28,30,35,38H,12-20,25H2,1-5H3,(H,51,52)(H,53,58)(H,54,61). The van der Waals surface area contributed by atoms with Gasteiger partial charge in [0.1, 0.15) is 29.3 Å². The number of rotatable bonds is 11. The van der Waals surface area contributed by atoms with Crippen molar-refractivity contribution in [3.8, 4) is 28.1 Å². The van der Waals surface area contributed by atoms with Crippen LogP contribution in [0.2, 0.25) is 0 Å². The maximum absolute atomic E-state index is 15.7. The fourth-order valence-corrected chi connectivity index (χ4v) is 8.35. The van der Waals surface area contributed by atoms with Crippen LogP contribution in [0.4, 0.5) is 33.9 Å². The number of piperazine rings is 1. The third kappa shape index (κ3) is 11.0. The first-order valence-corrected chi connectivity index (χ1v) is 21.2. The van der Waals surface area contributed by atoms with Crippen molar-refractivity contribution in [3.05, 3.63) is 78.1 Å². The largest absolute Gasteiger partial charge is 0.573 e. The predicted octanol–water partition coefficient (Wildman–Crippen LogP) is 6.56. The minimum absolute atomic E-state index is 0.0371. The number of H-pyrrole nitrogens is 1. The average Bonchev–Trinajstić information content (AvgIpc) is 3.97. The maximum Gasteiger partial charge on any atom is 0.573 e. The molecule has 0 radical (unpaired) electrons. The molecule has 5 heterocycles. The van der Waals surface area contributed by atoms with Gasteiger partial charge in [-0.1, -0.05) is 45.0 Å². The van der Waals surface area contributed by atoms with Crippen LogP contribution in [0.5, 0.6) is 5.75 Å². The Hall–Kier alpha value is -6.28. The molecule has 65 heavy (non-hydrogen) atoms. The lowest BCUT2D eigenvalue weighted by Gasteiger charge is -2.38. The van der Waals surface area contributed by atoms with Crippen LogP contribution in [0.25, 0.3) is 22.4 Å². The van der Waals surface area contributed by atoms with E-state index in [0.29, 0.717) is 81.6 Å². The van der Waals surface area contributed by atoms with Crippen molar-refractivity contribution in [2.75, 3.05) is 70.4 Å². The highest BCUT2D eigenvalue weighted by molar-refractivity contribution is 6.04. The molecule has 3 saturated heterocycles. The number of carbonyl (C=O) groups is 4. The number of benzene rings is 2. The highest BCUT2D eigenvalue weighted by atomic mass is 19.4. The number of amides is 4. The number of ether oxygens (including phenoxy) is 4. The second-order valence-corrected chi connectivity index (χ2v) is 17.2. The Balaban J connectivity index is 1.05. The van der Waals surface area contributed by atoms with Crippen molar-refractivity contribution in [1.82, 2.24) is 30.1 Å².